The topological polar surface area (TPSA) is 101 Å². The minimum atomic E-state index is -0.589. The van der Waals surface area contributed by atoms with Gasteiger partial charge in [-0.15, -0.1) is 0 Å². The van der Waals surface area contributed by atoms with Gasteiger partial charge in [0.2, 0.25) is 0 Å². The number of amides is 4. The van der Waals surface area contributed by atoms with Crippen LogP contribution in [-0.2, 0) is 20.6 Å². The van der Waals surface area contributed by atoms with E-state index in [0.29, 0.717) is 13.1 Å². The second kappa shape index (κ2) is 10.5. The molecule has 2 atom stereocenters. The van der Waals surface area contributed by atoms with Crippen molar-refractivity contribution in [2.45, 2.75) is 76.7 Å². The van der Waals surface area contributed by atoms with E-state index in [1.54, 1.807) is 0 Å². The van der Waals surface area contributed by atoms with Crippen LogP contribution in [0.4, 0.5) is 9.59 Å². The van der Waals surface area contributed by atoms with Gasteiger partial charge in [-0.3, -0.25) is 0 Å². The molecule has 8 nitrogen and oxygen atoms in total. The van der Waals surface area contributed by atoms with Gasteiger partial charge in [-0.05, 0) is 64.5 Å². The standard InChI is InChI=1S/C24H38N4O4/c1-23(2,27-21(29)25-15-19-10-6-12-31-19)17-8-5-9-18(14-17)24(3,4)28-22(30)26-16-20-11-7-13-32-20/h5,8-9,14,19-20H,6-7,10-13,15-16H2,1-4H3,(H2,25,27,29)(H2,26,28,30)/t19-,20-/m0/s1. The third-order valence-electron chi connectivity index (χ3n) is 6.19. The number of hydrogen-bond acceptors (Lipinski definition) is 4. The van der Waals surface area contributed by atoms with E-state index in [2.05, 4.69) is 21.3 Å². The first-order chi connectivity index (χ1) is 15.2. The minimum absolute atomic E-state index is 0.102. The SMILES string of the molecule is CC(C)(NC(=O)NC[C@@H]1CCCO1)c1cccc(C(C)(C)NC(=O)NC[C@@H]2CCCO2)c1. The number of nitrogens with one attached hydrogen (secondary N) is 4. The normalized spacial score (nSPS) is 21.2. The van der Waals surface area contributed by atoms with Crippen molar-refractivity contribution < 1.29 is 19.1 Å². The number of rotatable bonds is 8. The molecule has 178 valence electrons. The van der Waals surface area contributed by atoms with Crippen LogP contribution in [0, 0.1) is 0 Å². The fourth-order valence-electron chi connectivity index (χ4n) is 4.12. The van der Waals surface area contributed by atoms with Crippen LogP contribution in [0.1, 0.15) is 64.5 Å². The van der Waals surface area contributed by atoms with E-state index in [0.717, 1.165) is 50.0 Å². The fourth-order valence-corrected chi connectivity index (χ4v) is 4.12. The zero-order valence-electron chi connectivity index (χ0n) is 19.8. The summed E-state index contributed by atoms with van der Waals surface area (Å²) >= 11 is 0. The molecule has 32 heavy (non-hydrogen) atoms. The number of urea groups is 2. The summed E-state index contributed by atoms with van der Waals surface area (Å²) in [5.41, 5.74) is 0.734. The van der Waals surface area contributed by atoms with E-state index in [4.69, 9.17) is 9.47 Å². The number of carbonyl (C=O) groups excluding carboxylic acids is 2. The van der Waals surface area contributed by atoms with Crippen molar-refractivity contribution in [1.82, 2.24) is 21.3 Å². The van der Waals surface area contributed by atoms with Crippen molar-refractivity contribution in [3.05, 3.63) is 35.4 Å². The van der Waals surface area contributed by atoms with Crippen LogP contribution in [0.5, 0.6) is 0 Å². The second-order valence-corrected chi connectivity index (χ2v) is 9.77. The zero-order valence-corrected chi connectivity index (χ0v) is 19.8. The van der Waals surface area contributed by atoms with Crippen LogP contribution >= 0.6 is 0 Å². The lowest BCUT2D eigenvalue weighted by Crippen LogP contribution is -2.49. The third kappa shape index (κ3) is 6.84. The Morgan fingerprint density at radius 1 is 0.844 bits per heavy atom. The van der Waals surface area contributed by atoms with Gasteiger partial charge in [-0.2, -0.15) is 0 Å². The summed E-state index contributed by atoms with van der Waals surface area (Å²) in [4.78, 5) is 24.9. The molecule has 0 unspecified atom stereocenters. The van der Waals surface area contributed by atoms with Crippen molar-refractivity contribution >= 4 is 12.1 Å². The van der Waals surface area contributed by atoms with Crippen molar-refractivity contribution in [2.24, 2.45) is 0 Å². The Bertz CT molecular complexity index is 723. The van der Waals surface area contributed by atoms with Crippen molar-refractivity contribution in [3.63, 3.8) is 0 Å². The number of benzene rings is 1. The molecule has 2 heterocycles. The zero-order chi connectivity index (χ0) is 23.2. The molecular weight excluding hydrogens is 408 g/mol. The molecule has 0 spiro atoms. The van der Waals surface area contributed by atoms with Crippen LogP contribution in [0.3, 0.4) is 0 Å². The van der Waals surface area contributed by atoms with Crippen molar-refractivity contribution in [2.75, 3.05) is 26.3 Å². The van der Waals surface area contributed by atoms with Gasteiger partial charge in [0, 0.05) is 26.3 Å². The first kappa shape index (κ1) is 24.3. The Kier molecular flexibility index (Phi) is 8.00. The van der Waals surface area contributed by atoms with Crippen LogP contribution in [0.25, 0.3) is 0 Å². The van der Waals surface area contributed by atoms with E-state index in [9.17, 15) is 9.59 Å². The summed E-state index contributed by atoms with van der Waals surface area (Å²) in [5.74, 6) is 0. The molecule has 2 aliphatic rings. The first-order valence-corrected chi connectivity index (χ1v) is 11.6. The Morgan fingerprint density at radius 3 is 1.66 bits per heavy atom. The van der Waals surface area contributed by atoms with E-state index in [-0.39, 0.29) is 24.3 Å². The molecule has 4 N–H and O–H groups in total. The number of carbonyl (C=O) groups is 2. The highest BCUT2D eigenvalue weighted by Crippen LogP contribution is 2.26. The second-order valence-electron chi connectivity index (χ2n) is 9.77. The maximum atomic E-state index is 12.4. The van der Waals surface area contributed by atoms with Crippen LogP contribution in [-0.4, -0.2) is 50.6 Å². The summed E-state index contributed by atoms with van der Waals surface area (Å²) in [6, 6.07) is 7.50. The highest BCUT2D eigenvalue weighted by atomic mass is 16.5. The average Bonchev–Trinajstić information content (AvgIpc) is 3.44. The van der Waals surface area contributed by atoms with Gasteiger partial charge >= 0.3 is 12.1 Å². The predicted octanol–water partition coefficient (Wildman–Crippen LogP) is 3.11. The highest BCUT2D eigenvalue weighted by Gasteiger charge is 2.28. The largest absolute Gasteiger partial charge is 0.376 e. The Morgan fingerprint density at radius 2 is 1.28 bits per heavy atom. The summed E-state index contributed by atoms with van der Waals surface area (Å²) in [7, 11) is 0. The molecular formula is C24H38N4O4. The third-order valence-corrected chi connectivity index (χ3v) is 6.19. The molecule has 1 aromatic carbocycles. The van der Waals surface area contributed by atoms with E-state index in [1.165, 1.54) is 0 Å². The van der Waals surface area contributed by atoms with Crippen molar-refractivity contribution in [1.29, 1.82) is 0 Å². The summed E-state index contributed by atoms with van der Waals surface area (Å²) in [5, 5.41) is 11.9. The molecule has 2 fully saturated rings. The fraction of sp³-hybridized carbons (Fsp3) is 0.667. The molecule has 1 aromatic rings. The van der Waals surface area contributed by atoms with Gasteiger partial charge in [0.05, 0.1) is 23.3 Å². The van der Waals surface area contributed by atoms with E-state index in [1.807, 2.05) is 52.0 Å². The van der Waals surface area contributed by atoms with Gasteiger partial charge in [0.15, 0.2) is 0 Å². The Labute approximate surface area is 191 Å². The van der Waals surface area contributed by atoms with Crippen LogP contribution in [0.2, 0.25) is 0 Å². The lowest BCUT2D eigenvalue weighted by atomic mass is 9.87. The van der Waals surface area contributed by atoms with E-state index < -0.39 is 11.1 Å². The number of hydrogen-bond donors (Lipinski definition) is 4. The van der Waals surface area contributed by atoms with Gasteiger partial charge in [0.1, 0.15) is 0 Å². The molecule has 0 aliphatic carbocycles. The highest BCUT2D eigenvalue weighted by molar-refractivity contribution is 5.75. The molecule has 2 saturated heterocycles. The van der Waals surface area contributed by atoms with Gasteiger partial charge < -0.3 is 30.7 Å². The maximum absolute atomic E-state index is 12.4. The minimum Gasteiger partial charge on any atom is -0.376 e. The Hall–Kier alpha value is -2.32. The quantitative estimate of drug-likeness (QED) is 0.493. The molecule has 4 amide bonds. The molecule has 0 aromatic heterocycles. The lowest BCUT2D eigenvalue weighted by Gasteiger charge is -2.31. The molecule has 8 heteroatoms. The molecule has 0 radical (unpaired) electrons. The molecule has 2 aliphatic heterocycles. The molecule has 3 rings (SSSR count). The lowest BCUT2D eigenvalue weighted by molar-refractivity contribution is 0.111. The maximum Gasteiger partial charge on any atom is 0.315 e. The average molecular weight is 447 g/mol. The first-order valence-electron chi connectivity index (χ1n) is 11.6. The van der Waals surface area contributed by atoms with Gasteiger partial charge in [-0.25, -0.2) is 9.59 Å². The monoisotopic (exact) mass is 446 g/mol. The van der Waals surface area contributed by atoms with Gasteiger partial charge in [-0.1, -0.05) is 24.3 Å². The number of ether oxygens (including phenoxy) is 2. The summed E-state index contributed by atoms with van der Waals surface area (Å²) in [6.07, 6.45) is 4.26. The van der Waals surface area contributed by atoms with Crippen LogP contribution in [0.15, 0.2) is 24.3 Å². The van der Waals surface area contributed by atoms with E-state index >= 15 is 0 Å². The Balaban J connectivity index is 1.56. The summed E-state index contributed by atoms with van der Waals surface area (Å²) in [6.45, 7) is 10.4. The predicted molar refractivity (Wildman–Crippen MR) is 124 cm³/mol. The molecule has 0 bridgehead atoms. The van der Waals surface area contributed by atoms with Gasteiger partial charge in [0.25, 0.3) is 0 Å². The smallest absolute Gasteiger partial charge is 0.315 e. The van der Waals surface area contributed by atoms with Crippen molar-refractivity contribution in [3.8, 4) is 0 Å². The molecule has 0 saturated carbocycles. The van der Waals surface area contributed by atoms with Crippen LogP contribution < -0.4 is 21.3 Å². The summed E-state index contributed by atoms with van der Waals surface area (Å²) < 4.78 is 11.1.